The first-order valence-electron chi connectivity index (χ1n) is 8.46. The molecule has 0 spiro atoms. The van der Waals surface area contributed by atoms with Gasteiger partial charge in [0.2, 0.25) is 10.0 Å². The van der Waals surface area contributed by atoms with E-state index in [2.05, 4.69) is 11.2 Å². The molecule has 1 aromatic rings. The number of hydrogen-bond donors (Lipinski definition) is 1. The van der Waals surface area contributed by atoms with Gasteiger partial charge in [0, 0.05) is 19.5 Å². The van der Waals surface area contributed by atoms with Gasteiger partial charge >= 0.3 is 5.97 Å². The number of nitrogens with zero attached hydrogens (tertiary/aromatic N) is 1. The summed E-state index contributed by atoms with van der Waals surface area (Å²) in [6.07, 6.45) is 5.47. The Morgan fingerprint density at radius 1 is 1.22 bits per heavy atom. The number of hydrogen-bond acceptors (Lipinski definition) is 6. The number of benzene rings is 1. The lowest BCUT2D eigenvalue weighted by Gasteiger charge is -2.26. The summed E-state index contributed by atoms with van der Waals surface area (Å²) < 4.78 is 36.5. The van der Waals surface area contributed by atoms with Crippen LogP contribution in [0.15, 0.2) is 29.2 Å². The Balaban J connectivity index is 1.82. The molecule has 1 saturated heterocycles. The average Bonchev–Trinajstić information content (AvgIpc) is 2.70. The van der Waals surface area contributed by atoms with E-state index < -0.39 is 21.9 Å². The van der Waals surface area contributed by atoms with Crippen LogP contribution < -0.4 is 5.32 Å². The smallest absolute Gasteiger partial charge is 0.306 e. The van der Waals surface area contributed by atoms with Crippen molar-refractivity contribution in [3.8, 4) is 12.3 Å². The Morgan fingerprint density at radius 2 is 1.89 bits per heavy atom. The Kier molecular flexibility index (Phi) is 7.79. The second-order valence-electron chi connectivity index (χ2n) is 5.80. The molecule has 0 unspecified atom stereocenters. The predicted octanol–water partition coefficient (Wildman–Crippen LogP) is -0.0673. The maximum absolute atomic E-state index is 12.5. The summed E-state index contributed by atoms with van der Waals surface area (Å²) in [5.41, 5.74) is 0.796. The van der Waals surface area contributed by atoms with Gasteiger partial charge in [-0.05, 0) is 24.1 Å². The standard InChI is InChI=1S/C18H22N2O6S/c1-2-9-19-17(21)14-26-18(22)8-5-15-3-6-16(7-4-15)27(23,24)20-10-12-25-13-11-20/h1,3-4,6-7H,5,8-14H2,(H,19,21). The second kappa shape index (κ2) is 10.1. The maximum Gasteiger partial charge on any atom is 0.306 e. The number of ether oxygens (including phenoxy) is 2. The molecule has 1 aliphatic heterocycles. The van der Waals surface area contributed by atoms with Crippen LogP contribution in [-0.4, -0.2) is 64.1 Å². The zero-order chi connectivity index (χ0) is 19.7. The molecule has 0 saturated carbocycles. The van der Waals surface area contributed by atoms with E-state index in [1.165, 1.54) is 16.4 Å². The Bertz CT molecular complexity index is 792. The molecule has 146 valence electrons. The largest absolute Gasteiger partial charge is 0.456 e. The van der Waals surface area contributed by atoms with Crippen LogP contribution in [-0.2, 0) is 35.5 Å². The molecule has 0 bridgehead atoms. The van der Waals surface area contributed by atoms with Crippen molar-refractivity contribution >= 4 is 21.9 Å². The molecule has 2 rings (SSSR count). The van der Waals surface area contributed by atoms with Gasteiger partial charge in [0.25, 0.3) is 5.91 Å². The Labute approximate surface area is 158 Å². The molecule has 1 aromatic carbocycles. The number of morpholine rings is 1. The number of rotatable bonds is 8. The third-order valence-electron chi connectivity index (χ3n) is 3.90. The van der Waals surface area contributed by atoms with Crippen molar-refractivity contribution in [1.29, 1.82) is 0 Å². The normalized spacial score (nSPS) is 14.9. The Morgan fingerprint density at radius 3 is 2.52 bits per heavy atom. The number of esters is 1. The molecule has 1 aliphatic rings. The van der Waals surface area contributed by atoms with Crippen molar-refractivity contribution < 1.29 is 27.5 Å². The fourth-order valence-corrected chi connectivity index (χ4v) is 3.84. The van der Waals surface area contributed by atoms with Crippen LogP contribution in [0, 0.1) is 12.3 Å². The number of carbonyl (C=O) groups excluding carboxylic acids is 2. The monoisotopic (exact) mass is 394 g/mol. The van der Waals surface area contributed by atoms with E-state index in [1.807, 2.05) is 0 Å². The van der Waals surface area contributed by atoms with Crippen LogP contribution in [0.1, 0.15) is 12.0 Å². The van der Waals surface area contributed by atoms with E-state index in [-0.39, 0.29) is 24.5 Å². The summed E-state index contributed by atoms with van der Waals surface area (Å²) in [5, 5.41) is 2.39. The van der Waals surface area contributed by atoms with Gasteiger partial charge < -0.3 is 14.8 Å². The minimum atomic E-state index is -3.53. The molecule has 0 atom stereocenters. The van der Waals surface area contributed by atoms with Gasteiger partial charge in [0.15, 0.2) is 6.61 Å². The minimum Gasteiger partial charge on any atom is -0.456 e. The first-order chi connectivity index (χ1) is 12.9. The minimum absolute atomic E-state index is 0.0795. The van der Waals surface area contributed by atoms with Crippen LogP contribution in [0.5, 0.6) is 0 Å². The molecule has 0 radical (unpaired) electrons. The molecule has 1 amide bonds. The van der Waals surface area contributed by atoms with E-state index >= 15 is 0 Å². The van der Waals surface area contributed by atoms with Crippen molar-refractivity contribution in [3.05, 3.63) is 29.8 Å². The van der Waals surface area contributed by atoms with Crippen LogP contribution in [0.4, 0.5) is 0 Å². The highest BCUT2D eigenvalue weighted by atomic mass is 32.2. The third-order valence-corrected chi connectivity index (χ3v) is 5.81. The Hall–Kier alpha value is -2.41. The fourth-order valence-electron chi connectivity index (χ4n) is 2.43. The van der Waals surface area contributed by atoms with E-state index in [9.17, 15) is 18.0 Å². The van der Waals surface area contributed by atoms with Crippen molar-refractivity contribution in [3.63, 3.8) is 0 Å². The summed E-state index contributed by atoms with van der Waals surface area (Å²) >= 11 is 0. The van der Waals surface area contributed by atoms with Gasteiger partial charge in [-0.15, -0.1) is 6.42 Å². The van der Waals surface area contributed by atoms with E-state index in [1.54, 1.807) is 12.1 Å². The highest BCUT2D eigenvalue weighted by molar-refractivity contribution is 7.89. The number of amides is 1. The first kappa shape index (κ1) is 20.9. The van der Waals surface area contributed by atoms with Crippen LogP contribution in [0.25, 0.3) is 0 Å². The zero-order valence-corrected chi connectivity index (χ0v) is 15.7. The second-order valence-corrected chi connectivity index (χ2v) is 7.74. The number of sulfonamides is 1. The topological polar surface area (TPSA) is 102 Å². The van der Waals surface area contributed by atoms with Gasteiger partial charge in [-0.2, -0.15) is 4.31 Å². The van der Waals surface area contributed by atoms with Gasteiger partial charge in [-0.1, -0.05) is 18.1 Å². The molecule has 27 heavy (non-hydrogen) atoms. The molecule has 1 N–H and O–H groups in total. The van der Waals surface area contributed by atoms with E-state index in [0.717, 1.165) is 5.56 Å². The number of aryl methyl sites for hydroxylation is 1. The SMILES string of the molecule is C#CCNC(=O)COC(=O)CCc1ccc(S(=O)(=O)N2CCOCC2)cc1. The van der Waals surface area contributed by atoms with E-state index in [0.29, 0.717) is 32.7 Å². The van der Waals surface area contributed by atoms with Crippen LogP contribution in [0.2, 0.25) is 0 Å². The maximum atomic E-state index is 12.5. The van der Waals surface area contributed by atoms with Gasteiger partial charge in [-0.3, -0.25) is 9.59 Å². The van der Waals surface area contributed by atoms with Gasteiger partial charge in [0.1, 0.15) is 0 Å². The van der Waals surface area contributed by atoms with Gasteiger partial charge in [-0.25, -0.2) is 8.42 Å². The fraction of sp³-hybridized carbons (Fsp3) is 0.444. The van der Waals surface area contributed by atoms with Crippen molar-refractivity contribution in [2.45, 2.75) is 17.7 Å². The average molecular weight is 394 g/mol. The quantitative estimate of drug-likeness (QED) is 0.489. The van der Waals surface area contributed by atoms with Crippen molar-refractivity contribution in [2.75, 3.05) is 39.5 Å². The predicted molar refractivity (Wildman–Crippen MR) is 97.1 cm³/mol. The molecular formula is C18H22N2O6S. The van der Waals surface area contributed by atoms with Crippen molar-refractivity contribution in [1.82, 2.24) is 9.62 Å². The molecule has 1 fully saturated rings. The number of carbonyl (C=O) groups is 2. The lowest BCUT2D eigenvalue weighted by molar-refractivity contribution is -0.148. The molecule has 9 heteroatoms. The van der Waals surface area contributed by atoms with Gasteiger partial charge in [0.05, 0.1) is 24.7 Å². The van der Waals surface area contributed by atoms with Crippen LogP contribution in [0.3, 0.4) is 0 Å². The van der Waals surface area contributed by atoms with Crippen LogP contribution >= 0.6 is 0 Å². The molecule has 0 aliphatic carbocycles. The first-order valence-corrected chi connectivity index (χ1v) is 9.90. The number of terminal acetylenes is 1. The summed E-state index contributed by atoms with van der Waals surface area (Å²) in [6, 6.07) is 6.39. The summed E-state index contributed by atoms with van der Waals surface area (Å²) in [4.78, 5) is 23.2. The third kappa shape index (κ3) is 6.36. The molecular weight excluding hydrogens is 372 g/mol. The highest BCUT2D eigenvalue weighted by Gasteiger charge is 2.26. The summed E-state index contributed by atoms with van der Waals surface area (Å²) in [6.45, 7) is 1.16. The zero-order valence-electron chi connectivity index (χ0n) is 14.8. The summed E-state index contributed by atoms with van der Waals surface area (Å²) in [5.74, 6) is 1.27. The molecule has 1 heterocycles. The molecule has 0 aromatic heterocycles. The van der Waals surface area contributed by atoms with Crippen molar-refractivity contribution in [2.24, 2.45) is 0 Å². The lowest BCUT2D eigenvalue weighted by Crippen LogP contribution is -2.40. The lowest BCUT2D eigenvalue weighted by atomic mass is 10.1. The summed E-state index contributed by atoms with van der Waals surface area (Å²) in [7, 11) is -3.53. The van der Waals surface area contributed by atoms with E-state index in [4.69, 9.17) is 15.9 Å². The molecule has 8 nitrogen and oxygen atoms in total. The number of nitrogens with one attached hydrogen (secondary N) is 1. The highest BCUT2D eigenvalue weighted by Crippen LogP contribution is 2.18.